The molecule has 2 saturated heterocycles. The van der Waals surface area contributed by atoms with E-state index in [0.717, 1.165) is 49.3 Å². The van der Waals surface area contributed by atoms with Crippen LogP contribution in [0, 0.1) is 0 Å². The van der Waals surface area contributed by atoms with Gasteiger partial charge in [-0.2, -0.15) is 0 Å². The van der Waals surface area contributed by atoms with Gasteiger partial charge in [0.05, 0.1) is 19.3 Å². The SMILES string of the molecule is CCCOc1c(OCC)cccc1C1NC(=O)C2CCCCN21. The third kappa shape index (κ3) is 3.15. The number of amides is 1. The molecular weight excluding hydrogens is 292 g/mol. The molecule has 0 spiro atoms. The van der Waals surface area contributed by atoms with Crippen LogP contribution in [0.15, 0.2) is 18.2 Å². The number of fused-ring (bicyclic) bond motifs is 1. The molecule has 2 heterocycles. The van der Waals surface area contributed by atoms with E-state index < -0.39 is 0 Å². The van der Waals surface area contributed by atoms with Crippen molar-refractivity contribution in [2.45, 2.75) is 51.7 Å². The minimum Gasteiger partial charge on any atom is -0.490 e. The lowest BCUT2D eigenvalue weighted by Crippen LogP contribution is -2.38. The smallest absolute Gasteiger partial charge is 0.238 e. The lowest BCUT2D eigenvalue weighted by Gasteiger charge is -2.32. The minimum atomic E-state index is -0.111. The highest BCUT2D eigenvalue weighted by molar-refractivity contribution is 5.84. The van der Waals surface area contributed by atoms with Crippen LogP contribution in [0.3, 0.4) is 0 Å². The second kappa shape index (κ2) is 7.21. The quantitative estimate of drug-likeness (QED) is 0.876. The lowest BCUT2D eigenvalue weighted by molar-refractivity contribution is -0.122. The lowest BCUT2D eigenvalue weighted by atomic mass is 10.0. The highest BCUT2D eigenvalue weighted by atomic mass is 16.5. The maximum atomic E-state index is 12.3. The molecule has 0 aromatic heterocycles. The predicted octanol–water partition coefficient (Wildman–Crippen LogP) is 2.86. The normalized spacial score (nSPS) is 24.2. The zero-order chi connectivity index (χ0) is 16.2. The van der Waals surface area contributed by atoms with Gasteiger partial charge >= 0.3 is 0 Å². The molecule has 2 atom stereocenters. The fourth-order valence-electron chi connectivity index (χ4n) is 3.49. The predicted molar refractivity (Wildman–Crippen MR) is 88.6 cm³/mol. The molecule has 2 aliphatic heterocycles. The van der Waals surface area contributed by atoms with Gasteiger partial charge in [-0.05, 0) is 32.3 Å². The second-order valence-corrected chi connectivity index (χ2v) is 6.12. The molecule has 0 bridgehead atoms. The number of nitrogens with zero attached hydrogens (tertiary/aromatic N) is 1. The van der Waals surface area contributed by atoms with Crippen molar-refractivity contribution < 1.29 is 14.3 Å². The molecule has 1 N–H and O–H groups in total. The Kier molecular flexibility index (Phi) is 5.06. The average Bonchev–Trinajstić information content (AvgIpc) is 2.91. The molecule has 5 nitrogen and oxygen atoms in total. The Morgan fingerprint density at radius 3 is 2.91 bits per heavy atom. The van der Waals surface area contributed by atoms with E-state index >= 15 is 0 Å². The molecule has 2 aliphatic rings. The molecule has 5 heteroatoms. The first-order valence-electron chi connectivity index (χ1n) is 8.70. The average molecular weight is 318 g/mol. The van der Waals surface area contributed by atoms with E-state index in [9.17, 15) is 4.79 Å². The highest BCUT2D eigenvalue weighted by Gasteiger charge is 2.42. The molecule has 0 saturated carbocycles. The van der Waals surface area contributed by atoms with Crippen molar-refractivity contribution in [2.24, 2.45) is 0 Å². The van der Waals surface area contributed by atoms with Crippen LogP contribution in [0.5, 0.6) is 11.5 Å². The maximum Gasteiger partial charge on any atom is 0.238 e. The van der Waals surface area contributed by atoms with Gasteiger partial charge < -0.3 is 14.8 Å². The van der Waals surface area contributed by atoms with Crippen LogP contribution in [-0.4, -0.2) is 36.6 Å². The Hall–Kier alpha value is -1.75. The van der Waals surface area contributed by atoms with Crippen molar-refractivity contribution in [2.75, 3.05) is 19.8 Å². The topological polar surface area (TPSA) is 50.8 Å². The van der Waals surface area contributed by atoms with Crippen molar-refractivity contribution in [3.8, 4) is 11.5 Å². The summed E-state index contributed by atoms with van der Waals surface area (Å²) in [4.78, 5) is 14.6. The molecule has 23 heavy (non-hydrogen) atoms. The first-order chi connectivity index (χ1) is 11.3. The monoisotopic (exact) mass is 318 g/mol. The summed E-state index contributed by atoms with van der Waals surface area (Å²) in [5, 5.41) is 3.15. The molecule has 1 aromatic rings. The van der Waals surface area contributed by atoms with Gasteiger partial charge in [0.25, 0.3) is 0 Å². The number of hydrogen-bond acceptors (Lipinski definition) is 4. The zero-order valence-corrected chi connectivity index (χ0v) is 14.0. The van der Waals surface area contributed by atoms with Crippen molar-refractivity contribution in [3.63, 3.8) is 0 Å². The number of hydrogen-bond donors (Lipinski definition) is 1. The summed E-state index contributed by atoms with van der Waals surface area (Å²) >= 11 is 0. The molecule has 2 fully saturated rings. The van der Waals surface area contributed by atoms with Gasteiger partial charge in [0.1, 0.15) is 6.17 Å². The summed E-state index contributed by atoms with van der Waals surface area (Å²) < 4.78 is 11.7. The zero-order valence-electron chi connectivity index (χ0n) is 14.0. The highest BCUT2D eigenvalue weighted by Crippen LogP contribution is 2.40. The molecule has 126 valence electrons. The van der Waals surface area contributed by atoms with E-state index in [1.165, 1.54) is 0 Å². The third-order valence-corrected chi connectivity index (χ3v) is 4.51. The Balaban J connectivity index is 1.94. The summed E-state index contributed by atoms with van der Waals surface area (Å²) in [6, 6.07) is 5.95. The van der Waals surface area contributed by atoms with E-state index in [-0.39, 0.29) is 18.1 Å². The fraction of sp³-hybridized carbons (Fsp3) is 0.611. The van der Waals surface area contributed by atoms with E-state index in [2.05, 4.69) is 17.1 Å². The van der Waals surface area contributed by atoms with Crippen molar-refractivity contribution in [1.29, 1.82) is 0 Å². The Morgan fingerprint density at radius 2 is 2.13 bits per heavy atom. The van der Waals surface area contributed by atoms with Gasteiger partial charge in [0.2, 0.25) is 5.91 Å². The van der Waals surface area contributed by atoms with Crippen LogP contribution >= 0.6 is 0 Å². The number of carbonyl (C=O) groups is 1. The molecule has 1 aromatic carbocycles. The van der Waals surface area contributed by atoms with Crippen LogP contribution in [0.2, 0.25) is 0 Å². The van der Waals surface area contributed by atoms with E-state index in [1.807, 2.05) is 25.1 Å². The number of nitrogens with one attached hydrogen (secondary N) is 1. The van der Waals surface area contributed by atoms with E-state index in [0.29, 0.717) is 13.2 Å². The maximum absolute atomic E-state index is 12.3. The number of carbonyl (C=O) groups excluding carboxylic acids is 1. The second-order valence-electron chi connectivity index (χ2n) is 6.12. The van der Waals surface area contributed by atoms with Gasteiger partial charge in [-0.15, -0.1) is 0 Å². The number of rotatable bonds is 6. The van der Waals surface area contributed by atoms with E-state index in [4.69, 9.17) is 9.47 Å². The van der Waals surface area contributed by atoms with Gasteiger partial charge in [-0.25, -0.2) is 0 Å². The van der Waals surface area contributed by atoms with Gasteiger partial charge in [0.15, 0.2) is 11.5 Å². The molecule has 0 radical (unpaired) electrons. The summed E-state index contributed by atoms with van der Waals surface area (Å²) in [6.07, 6.45) is 4.03. The molecule has 0 aliphatic carbocycles. The Bertz CT molecular complexity index is 561. The largest absolute Gasteiger partial charge is 0.490 e. The fourth-order valence-corrected chi connectivity index (χ4v) is 3.49. The first-order valence-corrected chi connectivity index (χ1v) is 8.70. The van der Waals surface area contributed by atoms with Crippen molar-refractivity contribution in [3.05, 3.63) is 23.8 Å². The number of piperidine rings is 1. The minimum absolute atomic E-state index is 0.00326. The number of benzene rings is 1. The Labute approximate surface area is 137 Å². The molecular formula is C18H26N2O3. The number of para-hydroxylation sites is 1. The molecule has 3 rings (SSSR count). The van der Waals surface area contributed by atoms with Crippen LogP contribution in [-0.2, 0) is 4.79 Å². The van der Waals surface area contributed by atoms with Crippen LogP contribution in [0.1, 0.15) is 51.3 Å². The van der Waals surface area contributed by atoms with Crippen molar-refractivity contribution in [1.82, 2.24) is 10.2 Å². The molecule has 2 unspecified atom stereocenters. The van der Waals surface area contributed by atoms with Crippen LogP contribution in [0.25, 0.3) is 0 Å². The van der Waals surface area contributed by atoms with E-state index in [1.54, 1.807) is 0 Å². The van der Waals surface area contributed by atoms with Crippen LogP contribution < -0.4 is 14.8 Å². The summed E-state index contributed by atoms with van der Waals surface area (Å²) in [5.41, 5.74) is 1.00. The van der Waals surface area contributed by atoms with Crippen LogP contribution in [0.4, 0.5) is 0 Å². The van der Waals surface area contributed by atoms with Gasteiger partial charge in [-0.1, -0.05) is 25.5 Å². The third-order valence-electron chi connectivity index (χ3n) is 4.51. The summed E-state index contributed by atoms with van der Waals surface area (Å²) in [7, 11) is 0. The summed E-state index contributed by atoms with van der Waals surface area (Å²) in [5.74, 6) is 1.67. The first kappa shape index (κ1) is 16.1. The van der Waals surface area contributed by atoms with Gasteiger partial charge in [-0.3, -0.25) is 9.69 Å². The standard InChI is InChI=1S/C18H26N2O3/c1-3-12-23-16-13(8-7-10-15(16)22-4-2)17-19-18(21)14-9-5-6-11-20(14)17/h7-8,10,14,17H,3-6,9,11-12H2,1-2H3,(H,19,21). The molecule has 1 amide bonds. The number of ether oxygens (including phenoxy) is 2. The van der Waals surface area contributed by atoms with Gasteiger partial charge in [0, 0.05) is 12.1 Å². The Morgan fingerprint density at radius 1 is 1.26 bits per heavy atom. The summed E-state index contributed by atoms with van der Waals surface area (Å²) in [6.45, 7) is 6.23. The van der Waals surface area contributed by atoms with Crippen molar-refractivity contribution >= 4 is 5.91 Å².